The molecule has 0 aromatic heterocycles. The summed E-state index contributed by atoms with van der Waals surface area (Å²) < 4.78 is 30.0. The summed E-state index contributed by atoms with van der Waals surface area (Å²) >= 11 is 0. The maximum Gasteiger partial charge on any atom is 0.339 e. The zero-order chi connectivity index (χ0) is 13.8. The number of carbonyl (C=O) groups excluding carboxylic acids is 2. The van der Waals surface area contributed by atoms with Gasteiger partial charge in [-0.1, -0.05) is 12.1 Å². The van der Waals surface area contributed by atoms with Crippen molar-refractivity contribution in [2.75, 3.05) is 14.2 Å². The average Bonchev–Trinajstić information content (AvgIpc) is 2.37. The SMILES string of the molecule is CNC(=O)NS(=O)(=O)c1ccccc1C(=O)OC. The minimum Gasteiger partial charge on any atom is -0.465 e. The van der Waals surface area contributed by atoms with Gasteiger partial charge in [0.15, 0.2) is 0 Å². The van der Waals surface area contributed by atoms with Crippen LogP contribution >= 0.6 is 0 Å². The van der Waals surface area contributed by atoms with E-state index >= 15 is 0 Å². The third kappa shape index (κ3) is 2.98. The largest absolute Gasteiger partial charge is 0.465 e. The number of benzene rings is 1. The van der Waals surface area contributed by atoms with Crippen molar-refractivity contribution in [2.24, 2.45) is 0 Å². The van der Waals surface area contributed by atoms with Crippen molar-refractivity contribution in [3.63, 3.8) is 0 Å². The van der Waals surface area contributed by atoms with Gasteiger partial charge < -0.3 is 10.1 Å². The molecule has 0 atom stereocenters. The first kappa shape index (κ1) is 14.0. The molecule has 8 heteroatoms. The first-order valence-electron chi connectivity index (χ1n) is 4.84. The number of carbonyl (C=O) groups is 2. The first-order valence-corrected chi connectivity index (χ1v) is 6.32. The van der Waals surface area contributed by atoms with Crippen LogP contribution in [0.5, 0.6) is 0 Å². The molecule has 0 spiro atoms. The Morgan fingerprint density at radius 3 is 2.39 bits per heavy atom. The van der Waals surface area contributed by atoms with Crippen LogP contribution in [0.1, 0.15) is 10.4 Å². The van der Waals surface area contributed by atoms with Crippen LogP contribution in [0, 0.1) is 0 Å². The van der Waals surface area contributed by atoms with Crippen molar-refractivity contribution in [1.29, 1.82) is 0 Å². The molecule has 98 valence electrons. The van der Waals surface area contributed by atoms with Crippen molar-refractivity contribution in [3.05, 3.63) is 29.8 Å². The molecule has 0 unspecified atom stereocenters. The molecule has 2 amide bonds. The number of esters is 1. The number of nitrogens with one attached hydrogen (secondary N) is 2. The van der Waals surface area contributed by atoms with Crippen LogP contribution in [0.4, 0.5) is 4.79 Å². The number of amides is 2. The van der Waals surface area contributed by atoms with E-state index in [2.05, 4.69) is 10.1 Å². The Bertz CT molecular complexity index is 567. The fourth-order valence-electron chi connectivity index (χ4n) is 1.21. The number of rotatable bonds is 3. The predicted molar refractivity (Wildman–Crippen MR) is 62.6 cm³/mol. The monoisotopic (exact) mass is 272 g/mol. The predicted octanol–water partition coefficient (Wildman–Crippen LogP) is 0.0909. The van der Waals surface area contributed by atoms with Crippen LogP contribution in [0.15, 0.2) is 29.2 Å². The molecule has 0 aliphatic carbocycles. The number of methoxy groups -OCH3 is 1. The van der Waals surface area contributed by atoms with Crippen molar-refractivity contribution in [1.82, 2.24) is 10.0 Å². The smallest absolute Gasteiger partial charge is 0.339 e. The summed E-state index contributed by atoms with van der Waals surface area (Å²) in [6.45, 7) is 0. The molecule has 0 fully saturated rings. The molecule has 2 N–H and O–H groups in total. The first-order chi connectivity index (χ1) is 8.42. The van der Waals surface area contributed by atoms with Gasteiger partial charge in [-0.05, 0) is 12.1 Å². The highest BCUT2D eigenvalue weighted by Gasteiger charge is 2.23. The molecule has 0 aliphatic heterocycles. The molecular formula is C10H12N2O5S. The quantitative estimate of drug-likeness (QED) is 0.759. The molecule has 1 aromatic rings. The summed E-state index contributed by atoms with van der Waals surface area (Å²) in [6.07, 6.45) is 0. The van der Waals surface area contributed by atoms with E-state index in [0.717, 1.165) is 7.11 Å². The normalized spacial score (nSPS) is 10.6. The fraction of sp³-hybridized carbons (Fsp3) is 0.200. The number of urea groups is 1. The zero-order valence-electron chi connectivity index (χ0n) is 9.76. The second-order valence-electron chi connectivity index (χ2n) is 3.17. The van der Waals surface area contributed by atoms with Gasteiger partial charge in [-0.25, -0.2) is 22.7 Å². The lowest BCUT2D eigenvalue weighted by Gasteiger charge is -2.09. The van der Waals surface area contributed by atoms with E-state index in [0.29, 0.717) is 0 Å². The van der Waals surface area contributed by atoms with Gasteiger partial charge in [0.25, 0.3) is 10.0 Å². The van der Waals surface area contributed by atoms with Gasteiger partial charge in [0.1, 0.15) is 4.90 Å². The molecule has 0 saturated heterocycles. The molecule has 0 aliphatic rings. The number of hydrogen-bond acceptors (Lipinski definition) is 5. The molecule has 0 bridgehead atoms. The van der Waals surface area contributed by atoms with E-state index in [-0.39, 0.29) is 10.5 Å². The van der Waals surface area contributed by atoms with Crippen molar-refractivity contribution >= 4 is 22.0 Å². The van der Waals surface area contributed by atoms with E-state index < -0.39 is 22.0 Å². The van der Waals surface area contributed by atoms with Gasteiger partial charge in [-0.3, -0.25) is 0 Å². The van der Waals surface area contributed by atoms with Crippen LogP contribution in [-0.4, -0.2) is 34.6 Å². The molecule has 1 rings (SSSR count). The van der Waals surface area contributed by atoms with Gasteiger partial charge >= 0.3 is 12.0 Å². The lowest BCUT2D eigenvalue weighted by Crippen LogP contribution is -2.37. The van der Waals surface area contributed by atoms with Gasteiger partial charge in [-0.15, -0.1) is 0 Å². The average molecular weight is 272 g/mol. The highest BCUT2D eigenvalue weighted by atomic mass is 32.2. The number of sulfonamides is 1. The molecule has 0 saturated carbocycles. The van der Waals surface area contributed by atoms with Crippen LogP contribution in [0.2, 0.25) is 0 Å². The van der Waals surface area contributed by atoms with Gasteiger partial charge in [0.05, 0.1) is 12.7 Å². The Morgan fingerprint density at radius 1 is 1.22 bits per heavy atom. The number of ether oxygens (including phenoxy) is 1. The Kier molecular flexibility index (Phi) is 4.27. The van der Waals surface area contributed by atoms with Crippen LogP contribution < -0.4 is 10.0 Å². The van der Waals surface area contributed by atoms with E-state index in [1.165, 1.54) is 31.3 Å². The topological polar surface area (TPSA) is 102 Å². The fourth-order valence-corrected chi connectivity index (χ4v) is 2.36. The molecule has 1 aromatic carbocycles. The van der Waals surface area contributed by atoms with Gasteiger partial charge in [0, 0.05) is 7.05 Å². The standard InChI is InChI=1S/C10H12N2O5S/c1-11-10(14)12-18(15,16)8-6-4-3-5-7(8)9(13)17-2/h3-6H,1-2H3,(H2,11,12,14). The third-order valence-electron chi connectivity index (χ3n) is 2.04. The molecule has 18 heavy (non-hydrogen) atoms. The maximum absolute atomic E-state index is 11.9. The summed E-state index contributed by atoms with van der Waals surface area (Å²) in [5, 5.41) is 2.11. The van der Waals surface area contributed by atoms with E-state index in [1.807, 2.05) is 0 Å². The highest BCUT2D eigenvalue weighted by Crippen LogP contribution is 2.15. The Labute approximate surface area is 104 Å². The van der Waals surface area contributed by atoms with E-state index in [1.54, 1.807) is 4.72 Å². The molecular weight excluding hydrogens is 260 g/mol. The van der Waals surface area contributed by atoms with Gasteiger partial charge in [0.2, 0.25) is 0 Å². The Hall–Kier alpha value is -2.09. The molecule has 7 nitrogen and oxygen atoms in total. The summed E-state index contributed by atoms with van der Waals surface area (Å²) in [5.41, 5.74) is -0.142. The van der Waals surface area contributed by atoms with Crippen molar-refractivity contribution in [2.45, 2.75) is 4.90 Å². The maximum atomic E-state index is 11.9. The van der Waals surface area contributed by atoms with Crippen LogP contribution in [-0.2, 0) is 14.8 Å². The minimum absolute atomic E-state index is 0.142. The summed E-state index contributed by atoms with van der Waals surface area (Å²) in [4.78, 5) is 22.1. The van der Waals surface area contributed by atoms with Crippen molar-refractivity contribution in [3.8, 4) is 0 Å². The summed E-state index contributed by atoms with van der Waals surface area (Å²) in [6, 6.07) is 4.53. The zero-order valence-corrected chi connectivity index (χ0v) is 10.6. The molecule has 0 radical (unpaired) electrons. The van der Waals surface area contributed by atoms with Gasteiger partial charge in [-0.2, -0.15) is 0 Å². The Morgan fingerprint density at radius 2 is 1.83 bits per heavy atom. The summed E-state index contributed by atoms with van der Waals surface area (Å²) in [7, 11) is -1.71. The van der Waals surface area contributed by atoms with Crippen molar-refractivity contribution < 1.29 is 22.7 Å². The highest BCUT2D eigenvalue weighted by molar-refractivity contribution is 7.90. The third-order valence-corrected chi connectivity index (χ3v) is 3.43. The second-order valence-corrected chi connectivity index (χ2v) is 4.82. The number of hydrogen-bond donors (Lipinski definition) is 2. The van der Waals surface area contributed by atoms with Crippen LogP contribution in [0.25, 0.3) is 0 Å². The van der Waals surface area contributed by atoms with Crippen LogP contribution in [0.3, 0.4) is 0 Å². The Balaban J connectivity index is 3.24. The second kappa shape index (κ2) is 5.50. The minimum atomic E-state index is -4.12. The van der Waals surface area contributed by atoms with E-state index in [4.69, 9.17) is 0 Å². The van der Waals surface area contributed by atoms with E-state index in [9.17, 15) is 18.0 Å². The lowest BCUT2D eigenvalue weighted by atomic mass is 10.2. The lowest BCUT2D eigenvalue weighted by molar-refractivity contribution is 0.0596. The molecule has 0 heterocycles. The summed E-state index contributed by atoms with van der Waals surface area (Å²) in [5.74, 6) is -0.798.